The molecule has 0 aromatic carbocycles. The fourth-order valence-electron chi connectivity index (χ4n) is 4.27. The fraction of sp³-hybridized carbons (Fsp3) is 0.909. The van der Waals surface area contributed by atoms with Crippen molar-refractivity contribution in [3.05, 3.63) is 0 Å². The van der Waals surface area contributed by atoms with E-state index in [2.05, 4.69) is 0 Å². The van der Waals surface area contributed by atoms with Gasteiger partial charge in [0.05, 0.1) is 12.0 Å². The summed E-state index contributed by atoms with van der Waals surface area (Å²) in [5.41, 5.74) is 0. The van der Waals surface area contributed by atoms with Crippen LogP contribution in [0.4, 0.5) is 0 Å². The maximum atomic E-state index is 11.1. The number of aliphatic carboxylic acids is 1. The SMILES string of the molecule is O=C(O)[C@@H]1[C@@H]2C[C@@H]3C[C@H](C2)[C@H](O)[C@@H]1C3. The van der Waals surface area contributed by atoms with Gasteiger partial charge in [0.2, 0.25) is 0 Å². The summed E-state index contributed by atoms with van der Waals surface area (Å²) in [6.07, 6.45) is 3.80. The second kappa shape index (κ2) is 2.72. The van der Waals surface area contributed by atoms with E-state index in [1.54, 1.807) is 0 Å². The smallest absolute Gasteiger partial charge is 0.307 e. The van der Waals surface area contributed by atoms with Crippen LogP contribution in [0.25, 0.3) is 0 Å². The van der Waals surface area contributed by atoms with Crippen molar-refractivity contribution in [3.8, 4) is 0 Å². The van der Waals surface area contributed by atoms with E-state index in [-0.39, 0.29) is 17.9 Å². The van der Waals surface area contributed by atoms with E-state index in [4.69, 9.17) is 5.11 Å². The van der Waals surface area contributed by atoms with Gasteiger partial charge in [0, 0.05) is 0 Å². The molecule has 3 nitrogen and oxygen atoms in total. The van der Waals surface area contributed by atoms with E-state index >= 15 is 0 Å². The summed E-state index contributed by atoms with van der Waals surface area (Å²) in [6.45, 7) is 0. The molecule has 78 valence electrons. The standard InChI is InChI=1S/C11H16O3/c12-10-7-2-5-1-6(4-7)9(11(13)14)8(10)3-5/h5-10,12H,1-4H2,(H,13,14)/t5-,6-,7-,8-,9-,10+/m1/s1. The Morgan fingerprint density at radius 2 is 1.79 bits per heavy atom. The third kappa shape index (κ3) is 0.991. The van der Waals surface area contributed by atoms with Crippen LogP contribution in [0.2, 0.25) is 0 Å². The van der Waals surface area contributed by atoms with Crippen LogP contribution in [-0.2, 0) is 4.79 Å². The lowest BCUT2D eigenvalue weighted by Crippen LogP contribution is -2.55. The Morgan fingerprint density at radius 3 is 2.50 bits per heavy atom. The summed E-state index contributed by atoms with van der Waals surface area (Å²) in [7, 11) is 0. The van der Waals surface area contributed by atoms with E-state index in [0.717, 1.165) is 25.7 Å². The van der Waals surface area contributed by atoms with Crippen LogP contribution < -0.4 is 0 Å². The van der Waals surface area contributed by atoms with Gasteiger partial charge in [-0.1, -0.05) is 0 Å². The Hall–Kier alpha value is -0.570. The minimum absolute atomic E-state index is 0.0590. The van der Waals surface area contributed by atoms with Crippen molar-refractivity contribution in [2.45, 2.75) is 31.8 Å². The van der Waals surface area contributed by atoms with Gasteiger partial charge >= 0.3 is 5.97 Å². The molecular formula is C11H16O3. The number of hydrogen-bond donors (Lipinski definition) is 2. The van der Waals surface area contributed by atoms with Crippen molar-refractivity contribution in [2.75, 3.05) is 0 Å². The summed E-state index contributed by atoms with van der Waals surface area (Å²) >= 11 is 0. The zero-order valence-corrected chi connectivity index (χ0v) is 8.10. The zero-order valence-electron chi connectivity index (χ0n) is 8.10. The van der Waals surface area contributed by atoms with Gasteiger partial charge in [-0.05, 0) is 49.4 Å². The molecule has 6 atom stereocenters. The number of rotatable bonds is 1. The molecular weight excluding hydrogens is 180 g/mol. The predicted octanol–water partition coefficient (Wildman–Crippen LogP) is 1.11. The molecule has 4 rings (SSSR count). The van der Waals surface area contributed by atoms with Gasteiger partial charge in [-0.15, -0.1) is 0 Å². The van der Waals surface area contributed by atoms with Crippen LogP contribution >= 0.6 is 0 Å². The van der Waals surface area contributed by atoms with Crippen molar-refractivity contribution in [2.24, 2.45) is 29.6 Å². The van der Waals surface area contributed by atoms with Gasteiger partial charge < -0.3 is 10.2 Å². The van der Waals surface area contributed by atoms with Crippen molar-refractivity contribution in [1.29, 1.82) is 0 Å². The molecule has 0 aliphatic heterocycles. The third-order valence-corrected chi connectivity index (χ3v) is 4.66. The van der Waals surface area contributed by atoms with Crippen molar-refractivity contribution >= 4 is 5.97 Å². The van der Waals surface area contributed by atoms with Crippen molar-refractivity contribution in [1.82, 2.24) is 0 Å². The zero-order chi connectivity index (χ0) is 9.87. The Morgan fingerprint density at radius 1 is 1.07 bits per heavy atom. The van der Waals surface area contributed by atoms with Crippen molar-refractivity contribution < 1.29 is 15.0 Å². The van der Waals surface area contributed by atoms with Gasteiger partial charge in [0.25, 0.3) is 0 Å². The summed E-state index contributed by atoms with van der Waals surface area (Å²) < 4.78 is 0. The molecule has 0 radical (unpaired) electrons. The van der Waals surface area contributed by atoms with Crippen LogP contribution in [0.1, 0.15) is 25.7 Å². The minimum Gasteiger partial charge on any atom is -0.481 e. The summed E-state index contributed by atoms with van der Waals surface area (Å²) in [6, 6.07) is 0. The maximum Gasteiger partial charge on any atom is 0.307 e. The van der Waals surface area contributed by atoms with Crippen LogP contribution in [0.3, 0.4) is 0 Å². The van der Waals surface area contributed by atoms with Gasteiger partial charge in [-0.25, -0.2) is 0 Å². The molecule has 4 aliphatic carbocycles. The number of carbonyl (C=O) groups is 1. The maximum absolute atomic E-state index is 11.1. The number of carboxylic acid groups (broad SMARTS) is 1. The van der Waals surface area contributed by atoms with E-state index in [1.165, 1.54) is 0 Å². The highest BCUT2D eigenvalue weighted by Crippen LogP contribution is 2.56. The number of aliphatic hydroxyl groups is 1. The molecule has 0 aromatic heterocycles. The molecule has 4 aliphatic rings. The molecule has 0 heterocycles. The van der Waals surface area contributed by atoms with Crippen LogP contribution in [0.5, 0.6) is 0 Å². The van der Waals surface area contributed by atoms with Crippen LogP contribution in [0, 0.1) is 29.6 Å². The lowest BCUT2D eigenvalue weighted by molar-refractivity contribution is -0.171. The highest BCUT2D eigenvalue weighted by atomic mass is 16.4. The molecule has 4 saturated carbocycles. The molecule has 0 aromatic rings. The van der Waals surface area contributed by atoms with E-state index < -0.39 is 5.97 Å². The monoisotopic (exact) mass is 196 g/mol. The average Bonchev–Trinajstić information content (AvgIpc) is 2.12. The Bertz CT molecular complexity index is 276. The normalized spacial score (nSPS) is 54.9. The van der Waals surface area contributed by atoms with Crippen molar-refractivity contribution in [3.63, 3.8) is 0 Å². The third-order valence-electron chi connectivity index (χ3n) is 4.66. The van der Waals surface area contributed by atoms with Crippen LogP contribution in [0.15, 0.2) is 0 Å². The van der Waals surface area contributed by atoms with Gasteiger partial charge in [0.15, 0.2) is 0 Å². The lowest BCUT2D eigenvalue weighted by Gasteiger charge is -2.55. The van der Waals surface area contributed by atoms with Crippen LogP contribution in [-0.4, -0.2) is 22.3 Å². The van der Waals surface area contributed by atoms with Gasteiger partial charge in [-0.3, -0.25) is 4.79 Å². The summed E-state index contributed by atoms with van der Waals surface area (Å²) in [4.78, 5) is 11.1. The quantitative estimate of drug-likeness (QED) is 0.660. The molecule has 3 heteroatoms. The highest BCUT2D eigenvalue weighted by Gasteiger charge is 2.55. The number of aliphatic hydroxyl groups excluding tert-OH is 1. The first kappa shape index (κ1) is 8.72. The fourth-order valence-corrected chi connectivity index (χ4v) is 4.27. The summed E-state index contributed by atoms with van der Waals surface area (Å²) in [5.74, 6) is 0.605. The number of carboxylic acids is 1. The Labute approximate surface area is 83.1 Å². The first-order valence-electron chi connectivity index (χ1n) is 5.57. The Balaban J connectivity index is 1.93. The molecule has 0 amide bonds. The topological polar surface area (TPSA) is 57.5 Å². The average molecular weight is 196 g/mol. The molecule has 4 bridgehead atoms. The molecule has 0 spiro atoms. The van der Waals surface area contributed by atoms with Gasteiger partial charge in [-0.2, -0.15) is 0 Å². The second-order valence-corrected chi connectivity index (χ2v) is 5.35. The minimum atomic E-state index is -0.683. The predicted molar refractivity (Wildman–Crippen MR) is 49.6 cm³/mol. The lowest BCUT2D eigenvalue weighted by atomic mass is 9.50. The number of hydrogen-bond acceptors (Lipinski definition) is 2. The first-order valence-corrected chi connectivity index (χ1v) is 5.57. The molecule has 0 saturated heterocycles. The van der Waals surface area contributed by atoms with E-state index in [0.29, 0.717) is 17.8 Å². The molecule has 0 unspecified atom stereocenters. The summed E-state index contributed by atoms with van der Waals surface area (Å²) in [5, 5.41) is 19.1. The highest BCUT2D eigenvalue weighted by molar-refractivity contribution is 5.71. The molecule has 14 heavy (non-hydrogen) atoms. The molecule has 4 fully saturated rings. The van der Waals surface area contributed by atoms with E-state index in [1.807, 2.05) is 0 Å². The van der Waals surface area contributed by atoms with Gasteiger partial charge in [0.1, 0.15) is 0 Å². The van der Waals surface area contributed by atoms with E-state index in [9.17, 15) is 9.90 Å². The molecule has 2 N–H and O–H groups in total. The largest absolute Gasteiger partial charge is 0.481 e. The Kier molecular flexibility index (Phi) is 1.69. The second-order valence-electron chi connectivity index (χ2n) is 5.35. The first-order chi connectivity index (χ1) is 6.66.